The molecule has 0 atom stereocenters. The van der Waals surface area contributed by atoms with E-state index in [0.717, 1.165) is 22.5 Å². The number of sulfonamides is 1. The molecule has 0 aliphatic carbocycles. The fourth-order valence-electron chi connectivity index (χ4n) is 3.20. The number of nitrogens with zero attached hydrogens (tertiary/aromatic N) is 2. The Labute approximate surface area is 192 Å². The summed E-state index contributed by atoms with van der Waals surface area (Å²) < 4.78 is 30.7. The van der Waals surface area contributed by atoms with Gasteiger partial charge in [-0.3, -0.25) is 14.8 Å². The SMILES string of the molecule is Cc1ccc(S(=O)(=O)Nc2ccccc2N=Cc2c(C)[nH]n(-c3ccccc3)c2=S)cc1. The molecule has 2 N–H and O–H groups in total. The Morgan fingerprint density at radius 1 is 0.938 bits per heavy atom. The van der Waals surface area contributed by atoms with Crippen LogP contribution in [0.15, 0.2) is 88.8 Å². The van der Waals surface area contributed by atoms with Crippen molar-refractivity contribution in [3.05, 3.63) is 100 Å². The summed E-state index contributed by atoms with van der Waals surface area (Å²) in [5.74, 6) is 0. The van der Waals surface area contributed by atoms with E-state index in [-0.39, 0.29) is 4.90 Å². The Bertz CT molecular complexity index is 1440. The molecule has 4 rings (SSSR count). The van der Waals surface area contributed by atoms with Crippen LogP contribution in [0.5, 0.6) is 0 Å². The molecule has 0 saturated carbocycles. The first-order chi connectivity index (χ1) is 15.3. The zero-order valence-electron chi connectivity index (χ0n) is 17.6. The van der Waals surface area contributed by atoms with E-state index >= 15 is 0 Å². The standard InChI is InChI=1S/C24H22N4O2S2/c1-17-12-14-20(15-13-17)32(29,30)27-23-11-7-6-10-22(23)25-16-21-18(2)26-28(24(21)31)19-8-4-3-5-9-19/h3-16,26-27H,1-2H3. The molecule has 0 bridgehead atoms. The lowest BCUT2D eigenvalue weighted by molar-refractivity contribution is 0.601. The number of hydrogen-bond donors (Lipinski definition) is 2. The molecule has 0 fully saturated rings. The summed E-state index contributed by atoms with van der Waals surface area (Å²) in [6.45, 7) is 3.83. The molecule has 162 valence electrons. The van der Waals surface area contributed by atoms with Gasteiger partial charge in [-0.25, -0.2) is 13.1 Å². The van der Waals surface area contributed by atoms with Gasteiger partial charge in [-0.2, -0.15) is 0 Å². The first kappa shape index (κ1) is 21.7. The van der Waals surface area contributed by atoms with Gasteiger partial charge >= 0.3 is 0 Å². The molecule has 0 aliphatic rings. The van der Waals surface area contributed by atoms with E-state index in [1.54, 1.807) is 54.7 Å². The molecule has 0 saturated heterocycles. The third-order valence-electron chi connectivity index (χ3n) is 4.94. The highest BCUT2D eigenvalue weighted by atomic mass is 32.2. The van der Waals surface area contributed by atoms with Gasteiger partial charge in [0.25, 0.3) is 10.0 Å². The molecule has 0 spiro atoms. The van der Waals surface area contributed by atoms with Crippen LogP contribution in [0.2, 0.25) is 0 Å². The van der Waals surface area contributed by atoms with Gasteiger partial charge in [0.15, 0.2) is 0 Å². The van der Waals surface area contributed by atoms with Gasteiger partial charge in [0, 0.05) is 11.9 Å². The van der Waals surface area contributed by atoms with Crippen molar-refractivity contribution < 1.29 is 8.42 Å². The van der Waals surface area contributed by atoms with E-state index in [4.69, 9.17) is 12.2 Å². The molecule has 4 aromatic rings. The van der Waals surface area contributed by atoms with Crippen molar-refractivity contribution in [3.63, 3.8) is 0 Å². The number of benzene rings is 3. The third-order valence-corrected chi connectivity index (χ3v) is 6.73. The Morgan fingerprint density at radius 2 is 1.59 bits per heavy atom. The van der Waals surface area contributed by atoms with Crippen LogP contribution in [-0.2, 0) is 10.0 Å². The van der Waals surface area contributed by atoms with Gasteiger partial charge < -0.3 is 0 Å². The number of anilines is 1. The fraction of sp³-hybridized carbons (Fsp3) is 0.0833. The number of aromatic nitrogens is 2. The maximum absolute atomic E-state index is 12.8. The monoisotopic (exact) mass is 462 g/mol. The predicted octanol–water partition coefficient (Wildman–Crippen LogP) is 5.70. The molecule has 0 radical (unpaired) electrons. The van der Waals surface area contributed by atoms with Crippen molar-refractivity contribution in [2.45, 2.75) is 18.7 Å². The summed E-state index contributed by atoms with van der Waals surface area (Å²) in [4.78, 5) is 4.74. The lowest BCUT2D eigenvalue weighted by atomic mass is 10.2. The lowest BCUT2D eigenvalue weighted by Crippen LogP contribution is -2.13. The summed E-state index contributed by atoms with van der Waals surface area (Å²) in [6, 6.07) is 23.4. The van der Waals surface area contributed by atoms with E-state index in [1.165, 1.54) is 0 Å². The van der Waals surface area contributed by atoms with Gasteiger partial charge in [0.2, 0.25) is 0 Å². The van der Waals surface area contributed by atoms with Crippen molar-refractivity contribution >= 4 is 39.8 Å². The van der Waals surface area contributed by atoms with Crippen molar-refractivity contribution in [2.75, 3.05) is 4.72 Å². The molecular weight excluding hydrogens is 440 g/mol. The topological polar surface area (TPSA) is 79.2 Å². The van der Waals surface area contributed by atoms with E-state index < -0.39 is 10.0 Å². The molecule has 0 unspecified atom stereocenters. The first-order valence-electron chi connectivity index (χ1n) is 9.95. The molecule has 0 amide bonds. The van der Waals surface area contributed by atoms with Gasteiger partial charge in [-0.1, -0.05) is 60.2 Å². The van der Waals surface area contributed by atoms with Gasteiger partial charge in [-0.05, 0) is 50.2 Å². The van der Waals surface area contributed by atoms with Crippen LogP contribution in [0.4, 0.5) is 11.4 Å². The minimum Gasteiger partial charge on any atom is -0.297 e. The summed E-state index contributed by atoms with van der Waals surface area (Å²) in [6.07, 6.45) is 1.66. The molecule has 6 nitrogen and oxygen atoms in total. The van der Waals surface area contributed by atoms with Crippen molar-refractivity contribution in [2.24, 2.45) is 4.99 Å². The number of hydrogen-bond acceptors (Lipinski definition) is 4. The van der Waals surface area contributed by atoms with E-state index in [1.807, 2.05) is 48.9 Å². The Morgan fingerprint density at radius 3 is 2.31 bits per heavy atom. The van der Waals surface area contributed by atoms with Crippen LogP contribution >= 0.6 is 12.2 Å². The number of nitrogens with one attached hydrogen (secondary N) is 2. The maximum atomic E-state index is 12.8. The highest BCUT2D eigenvalue weighted by Crippen LogP contribution is 2.27. The summed E-state index contributed by atoms with van der Waals surface area (Å²) in [7, 11) is -3.74. The number of aromatic amines is 1. The second-order valence-corrected chi connectivity index (χ2v) is 9.39. The Kier molecular flexibility index (Phi) is 6.07. The number of aryl methyl sites for hydroxylation is 2. The smallest absolute Gasteiger partial charge is 0.261 e. The molecule has 32 heavy (non-hydrogen) atoms. The van der Waals surface area contributed by atoms with Crippen LogP contribution in [0, 0.1) is 18.5 Å². The van der Waals surface area contributed by atoms with Crippen LogP contribution < -0.4 is 4.72 Å². The van der Waals surface area contributed by atoms with Crippen LogP contribution in [0.25, 0.3) is 5.69 Å². The number of rotatable bonds is 6. The third kappa shape index (κ3) is 4.56. The molecular formula is C24H22N4O2S2. The summed E-state index contributed by atoms with van der Waals surface area (Å²) >= 11 is 5.63. The van der Waals surface area contributed by atoms with E-state index in [2.05, 4.69) is 14.8 Å². The van der Waals surface area contributed by atoms with Gasteiger partial charge in [0.1, 0.15) is 4.64 Å². The van der Waals surface area contributed by atoms with Gasteiger partial charge in [-0.15, -0.1) is 0 Å². The first-order valence-corrected chi connectivity index (χ1v) is 11.8. The van der Waals surface area contributed by atoms with Crippen molar-refractivity contribution in [1.29, 1.82) is 0 Å². The lowest BCUT2D eigenvalue weighted by Gasteiger charge is -2.10. The normalized spacial score (nSPS) is 11.7. The zero-order valence-corrected chi connectivity index (χ0v) is 19.2. The highest BCUT2D eigenvalue weighted by molar-refractivity contribution is 7.92. The molecule has 1 heterocycles. The highest BCUT2D eigenvalue weighted by Gasteiger charge is 2.16. The fourth-order valence-corrected chi connectivity index (χ4v) is 4.63. The van der Waals surface area contributed by atoms with Crippen LogP contribution in [0.3, 0.4) is 0 Å². The van der Waals surface area contributed by atoms with Crippen LogP contribution in [-0.4, -0.2) is 24.4 Å². The average molecular weight is 463 g/mol. The Hall–Kier alpha value is -3.49. The van der Waals surface area contributed by atoms with Crippen LogP contribution in [0.1, 0.15) is 16.8 Å². The minimum absolute atomic E-state index is 0.195. The Balaban J connectivity index is 1.65. The van der Waals surface area contributed by atoms with E-state index in [0.29, 0.717) is 16.0 Å². The second kappa shape index (κ2) is 8.94. The van der Waals surface area contributed by atoms with E-state index in [9.17, 15) is 8.42 Å². The molecule has 3 aromatic carbocycles. The number of para-hydroxylation sites is 3. The molecule has 0 aliphatic heterocycles. The maximum Gasteiger partial charge on any atom is 0.261 e. The number of H-pyrrole nitrogens is 1. The molecule has 8 heteroatoms. The van der Waals surface area contributed by atoms with Gasteiger partial charge in [0.05, 0.1) is 27.5 Å². The summed E-state index contributed by atoms with van der Waals surface area (Å²) in [5, 5.41) is 3.25. The minimum atomic E-state index is -3.74. The average Bonchev–Trinajstić information content (AvgIpc) is 3.07. The largest absolute Gasteiger partial charge is 0.297 e. The van der Waals surface area contributed by atoms with Crippen molar-refractivity contribution in [1.82, 2.24) is 9.78 Å². The zero-order chi connectivity index (χ0) is 22.7. The second-order valence-electron chi connectivity index (χ2n) is 7.32. The molecule has 1 aromatic heterocycles. The quantitative estimate of drug-likeness (QED) is 0.285. The number of aliphatic imine (C=N–C) groups is 1. The predicted molar refractivity (Wildman–Crippen MR) is 131 cm³/mol. The summed E-state index contributed by atoms with van der Waals surface area (Å²) in [5.41, 5.74) is 4.42. The van der Waals surface area contributed by atoms with Crippen molar-refractivity contribution in [3.8, 4) is 5.69 Å².